The summed E-state index contributed by atoms with van der Waals surface area (Å²) in [7, 11) is 0. The molecule has 2 aromatic rings. The monoisotopic (exact) mass is 393 g/mol. The molecule has 1 aromatic carbocycles. The number of fused-ring (bicyclic) bond motifs is 1. The van der Waals surface area contributed by atoms with Crippen molar-refractivity contribution in [3.63, 3.8) is 0 Å². The normalized spacial score (nSPS) is 18.4. The van der Waals surface area contributed by atoms with E-state index in [1.807, 2.05) is 29.2 Å². The first kappa shape index (κ1) is 19.7. The average molecular weight is 394 g/mol. The summed E-state index contributed by atoms with van der Waals surface area (Å²) in [6.07, 6.45) is 0. The Kier molecular flexibility index (Phi) is 6.36. The number of nitrogens with zero attached hydrogens (tertiary/aromatic N) is 3. The van der Waals surface area contributed by atoms with Crippen LogP contribution in [0.5, 0.6) is 0 Å². The first-order chi connectivity index (χ1) is 12.7. The molecule has 0 bridgehead atoms. The number of rotatable bonds is 3. The number of carbonyl (C=O) groups is 2. The highest BCUT2D eigenvalue weighted by atomic mass is 35.5. The first-order valence-corrected chi connectivity index (χ1v) is 9.06. The Morgan fingerprint density at radius 1 is 0.926 bits per heavy atom. The van der Waals surface area contributed by atoms with Crippen LogP contribution in [0.15, 0.2) is 34.7 Å². The number of furan rings is 1. The van der Waals surface area contributed by atoms with Crippen LogP contribution >= 0.6 is 12.4 Å². The molecule has 2 amide bonds. The summed E-state index contributed by atoms with van der Waals surface area (Å²) in [6, 6.07) is 9.42. The Bertz CT molecular complexity index is 762. The molecule has 0 spiro atoms. The molecule has 4 rings (SSSR count). The molecule has 0 atom stereocenters. The fraction of sp³-hybridized carbons (Fsp3) is 0.474. The number of carbonyl (C=O) groups excluding carboxylic acids is 2. The maximum absolute atomic E-state index is 12.7. The van der Waals surface area contributed by atoms with Crippen LogP contribution in [0.1, 0.15) is 10.6 Å². The predicted octanol–water partition coefficient (Wildman–Crippen LogP) is 1.47. The lowest BCUT2D eigenvalue weighted by Crippen LogP contribution is -2.52. The molecule has 3 heterocycles. The SMILES string of the molecule is Cl.O=C(CN1CCN(C(=O)c2cc3ccccc3o2)CC1)N1CCOCC1. The maximum Gasteiger partial charge on any atom is 0.289 e. The van der Waals surface area contributed by atoms with Gasteiger partial charge in [-0.3, -0.25) is 14.5 Å². The van der Waals surface area contributed by atoms with E-state index >= 15 is 0 Å². The van der Waals surface area contributed by atoms with E-state index in [9.17, 15) is 9.59 Å². The van der Waals surface area contributed by atoms with E-state index in [1.165, 1.54) is 0 Å². The molecule has 8 heteroatoms. The van der Waals surface area contributed by atoms with Crippen molar-refractivity contribution in [2.75, 3.05) is 59.0 Å². The number of amides is 2. The van der Waals surface area contributed by atoms with Crippen LogP contribution < -0.4 is 0 Å². The maximum atomic E-state index is 12.7. The Balaban J connectivity index is 0.00000210. The molecular formula is C19H24ClN3O4. The van der Waals surface area contributed by atoms with Gasteiger partial charge in [0.2, 0.25) is 5.91 Å². The largest absolute Gasteiger partial charge is 0.451 e. The third kappa shape index (κ3) is 4.43. The third-order valence-corrected chi connectivity index (χ3v) is 5.02. The van der Waals surface area contributed by atoms with Crippen LogP contribution in [-0.2, 0) is 9.53 Å². The van der Waals surface area contributed by atoms with Gasteiger partial charge in [-0.2, -0.15) is 0 Å². The molecule has 1 aromatic heterocycles. The van der Waals surface area contributed by atoms with Crippen LogP contribution in [0.3, 0.4) is 0 Å². The van der Waals surface area contributed by atoms with Crippen molar-refractivity contribution in [2.24, 2.45) is 0 Å². The van der Waals surface area contributed by atoms with E-state index in [1.54, 1.807) is 11.0 Å². The molecule has 2 aliphatic rings. The fourth-order valence-electron chi connectivity index (χ4n) is 3.46. The van der Waals surface area contributed by atoms with Gasteiger partial charge in [-0.1, -0.05) is 18.2 Å². The third-order valence-electron chi connectivity index (χ3n) is 5.02. The van der Waals surface area contributed by atoms with Gasteiger partial charge in [0, 0.05) is 44.7 Å². The second-order valence-electron chi connectivity index (χ2n) is 6.71. The fourth-order valence-corrected chi connectivity index (χ4v) is 3.46. The Morgan fingerprint density at radius 3 is 2.33 bits per heavy atom. The highest BCUT2D eigenvalue weighted by Crippen LogP contribution is 2.20. The minimum absolute atomic E-state index is 0. The zero-order valence-electron chi connectivity index (χ0n) is 15.1. The number of hydrogen-bond donors (Lipinski definition) is 0. The molecule has 27 heavy (non-hydrogen) atoms. The molecule has 0 radical (unpaired) electrons. The summed E-state index contributed by atoms with van der Waals surface area (Å²) < 4.78 is 11.0. The smallest absolute Gasteiger partial charge is 0.289 e. The summed E-state index contributed by atoms with van der Waals surface area (Å²) >= 11 is 0. The van der Waals surface area contributed by atoms with E-state index < -0.39 is 0 Å². The zero-order valence-corrected chi connectivity index (χ0v) is 16.0. The highest BCUT2D eigenvalue weighted by molar-refractivity contribution is 5.96. The van der Waals surface area contributed by atoms with Crippen molar-refractivity contribution < 1.29 is 18.7 Å². The zero-order chi connectivity index (χ0) is 17.9. The summed E-state index contributed by atoms with van der Waals surface area (Å²) in [5, 5.41) is 0.936. The lowest BCUT2D eigenvalue weighted by Gasteiger charge is -2.35. The van der Waals surface area contributed by atoms with Gasteiger partial charge in [0.25, 0.3) is 5.91 Å². The number of piperazine rings is 1. The van der Waals surface area contributed by atoms with E-state index in [4.69, 9.17) is 9.15 Å². The molecule has 0 N–H and O–H groups in total. The standard InChI is InChI=1S/C19H23N3O4.ClH/c23-18(21-9-11-25-12-10-21)14-20-5-7-22(8-6-20)19(24)17-13-15-3-1-2-4-16(15)26-17;/h1-4,13H,5-12,14H2;1H. The second kappa shape index (κ2) is 8.73. The van der Waals surface area contributed by atoms with E-state index in [0.717, 1.165) is 11.0 Å². The van der Waals surface area contributed by atoms with Crippen molar-refractivity contribution in [1.29, 1.82) is 0 Å². The first-order valence-electron chi connectivity index (χ1n) is 9.06. The minimum atomic E-state index is -0.0830. The average Bonchev–Trinajstić information content (AvgIpc) is 3.13. The molecule has 2 fully saturated rings. The van der Waals surface area contributed by atoms with Crippen LogP contribution in [0.4, 0.5) is 0 Å². The quantitative estimate of drug-likeness (QED) is 0.790. The molecular weight excluding hydrogens is 370 g/mol. The van der Waals surface area contributed by atoms with E-state index in [2.05, 4.69) is 4.90 Å². The molecule has 0 saturated carbocycles. The molecule has 2 aliphatic heterocycles. The van der Waals surface area contributed by atoms with Crippen LogP contribution in [-0.4, -0.2) is 85.5 Å². The number of morpholine rings is 1. The van der Waals surface area contributed by atoms with Gasteiger partial charge < -0.3 is 19.0 Å². The van der Waals surface area contributed by atoms with Crippen molar-refractivity contribution in [3.8, 4) is 0 Å². The molecule has 146 valence electrons. The van der Waals surface area contributed by atoms with Gasteiger partial charge in [0.15, 0.2) is 5.76 Å². The topological polar surface area (TPSA) is 66.2 Å². The van der Waals surface area contributed by atoms with Crippen molar-refractivity contribution >= 4 is 35.2 Å². The number of halogens is 1. The van der Waals surface area contributed by atoms with Gasteiger partial charge in [-0.05, 0) is 12.1 Å². The lowest BCUT2D eigenvalue weighted by molar-refractivity contribution is -0.136. The lowest BCUT2D eigenvalue weighted by atomic mass is 10.2. The summed E-state index contributed by atoms with van der Waals surface area (Å²) in [6.45, 7) is 5.58. The van der Waals surface area contributed by atoms with Gasteiger partial charge in [0.1, 0.15) is 5.58 Å². The van der Waals surface area contributed by atoms with Crippen LogP contribution in [0.2, 0.25) is 0 Å². The number of ether oxygens (including phenoxy) is 1. The number of hydrogen-bond acceptors (Lipinski definition) is 5. The Labute approximate surface area is 164 Å². The predicted molar refractivity (Wildman–Crippen MR) is 103 cm³/mol. The van der Waals surface area contributed by atoms with E-state index in [0.29, 0.717) is 64.8 Å². The summed E-state index contributed by atoms with van der Waals surface area (Å²) in [5.41, 5.74) is 0.727. The highest BCUT2D eigenvalue weighted by Gasteiger charge is 2.26. The second-order valence-corrected chi connectivity index (χ2v) is 6.71. The van der Waals surface area contributed by atoms with Gasteiger partial charge in [-0.25, -0.2) is 0 Å². The Morgan fingerprint density at radius 2 is 1.63 bits per heavy atom. The van der Waals surface area contributed by atoms with Gasteiger partial charge in [0.05, 0.1) is 19.8 Å². The molecule has 7 nitrogen and oxygen atoms in total. The molecule has 0 aliphatic carbocycles. The van der Waals surface area contributed by atoms with Crippen LogP contribution in [0, 0.1) is 0 Å². The number of benzene rings is 1. The van der Waals surface area contributed by atoms with Crippen LogP contribution in [0.25, 0.3) is 11.0 Å². The minimum Gasteiger partial charge on any atom is -0.451 e. The summed E-state index contributed by atoms with van der Waals surface area (Å²) in [4.78, 5) is 30.8. The molecule has 0 unspecified atom stereocenters. The van der Waals surface area contributed by atoms with Crippen molar-refractivity contribution in [3.05, 3.63) is 36.1 Å². The van der Waals surface area contributed by atoms with Gasteiger partial charge in [-0.15, -0.1) is 12.4 Å². The number of para-hydroxylation sites is 1. The molecule has 2 saturated heterocycles. The van der Waals surface area contributed by atoms with Crippen molar-refractivity contribution in [1.82, 2.24) is 14.7 Å². The Hall–Kier alpha value is -2.09. The van der Waals surface area contributed by atoms with Crippen molar-refractivity contribution in [2.45, 2.75) is 0 Å². The summed E-state index contributed by atoms with van der Waals surface area (Å²) in [5.74, 6) is 0.440. The van der Waals surface area contributed by atoms with E-state index in [-0.39, 0.29) is 24.2 Å². The van der Waals surface area contributed by atoms with Gasteiger partial charge >= 0.3 is 0 Å².